The van der Waals surface area contributed by atoms with Crippen LogP contribution in [0.25, 0.3) is 0 Å². The number of anilines is 1. The van der Waals surface area contributed by atoms with Crippen molar-refractivity contribution in [2.24, 2.45) is 0 Å². The molecule has 138 valence electrons. The number of carbonyl (C=O) groups is 1. The molecule has 8 heteroatoms. The Morgan fingerprint density at radius 1 is 1.27 bits per heavy atom. The highest BCUT2D eigenvalue weighted by Gasteiger charge is 2.34. The van der Waals surface area contributed by atoms with Crippen molar-refractivity contribution < 1.29 is 19.4 Å². The summed E-state index contributed by atoms with van der Waals surface area (Å²) in [5, 5.41) is 15.8. The molecule has 3 N–H and O–H groups in total. The molecule has 0 bridgehead atoms. The average molecular weight is 359 g/mol. The van der Waals surface area contributed by atoms with Crippen molar-refractivity contribution in [2.45, 2.75) is 31.2 Å². The van der Waals surface area contributed by atoms with Gasteiger partial charge in [0.1, 0.15) is 5.82 Å². The summed E-state index contributed by atoms with van der Waals surface area (Å²) in [5.41, 5.74) is 1.02. The third kappa shape index (κ3) is 2.76. The molecule has 0 spiro atoms. The van der Waals surface area contributed by atoms with E-state index in [4.69, 9.17) is 9.47 Å². The van der Waals surface area contributed by atoms with E-state index in [-0.39, 0.29) is 29.7 Å². The minimum atomic E-state index is -0.416. The van der Waals surface area contributed by atoms with Gasteiger partial charge in [0.25, 0.3) is 5.56 Å². The molecule has 1 aromatic heterocycles. The van der Waals surface area contributed by atoms with Crippen molar-refractivity contribution in [3.8, 4) is 11.5 Å². The summed E-state index contributed by atoms with van der Waals surface area (Å²) in [4.78, 5) is 25.0. The van der Waals surface area contributed by atoms with E-state index in [2.05, 4.69) is 10.4 Å². The Hall–Kier alpha value is -2.74. The third-order valence-corrected chi connectivity index (χ3v) is 5.12. The number of aromatic amines is 1. The van der Waals surface area contributed by atoms with Crippen molar-refractivity contribution in [1.82, 2.24) is 9.78 Å². The van der Waals surface area contributed by atoms with Crippen molar-refractivity contribution >= 4 is 11.7 Å². The molecule has 8 nitrogen and oxygen atoms in total. The Labute approximate surface area is 149 Å². The number of phenolic OH excluding ortho intramolecular Hbond substituents is 1. The molecule has 1 unspecified atom stereocenters. The second-order valence-corrected chi connectivity index (χ2v) is 6.65. The molecule has 1 aromatic carbocycles. The van der Waals surface area contributed by atoms with E-state index in [1.807, 2.05) is 0 Å². The van der Waals surface area contributed by atoms with Gasteiger partial charge in [-0.25, -0.2) is 0 Å². The van der Waals surface area contributed by atoms with E-state index in [1.54, 1.807) is 22.9 Å². The van der Waals surface area contributed by atoms with Gasteiger partial charge in [-0.05, 0) is 30.5 Å². The molecular weight excluding hydrogens is 338 g/mol. The molecule has 3 heterocycles. The van der Waals surface area contributed by atoms with Gasteiger partial charge in [0, 0.05) is 25.6 Å². The van der Waals surface area contributed by atoms with Gasteiger partial charge in [0.2, 0.25) is 5.91 Å². The van der Waals surface area contributed by atoms with Crippen LogP contribution in [0.1, 0.15) is 42.3 Å². The highest BCUT2D eigenvalue weighted by atomic mass is 16.5. The highest BCUT2D eigenvalue weighted by molar-refractivity contribution is 5.94. The molecule has 2 aliphatic rings. The van der Waals surface area contributed by atoms with Crippen LogP contribution in [0.4, 0.5) is 5.82 Å². The Morgan fingerprint density at radius 2 is 2.04 bits per heavy atom. The fraction of sp³-hybridized carbons (Fsp3) is 0.444. The zero-order valence-corrected chi connectivity index (χ0v) is 14.4. The quantitative estimate of drug-likeness (QED) is 0.774. The first-order valence-electron chi connectivity index (χ1n) is 8.67. The average Bonchev–Trinajstić information content (AvgIpc) is 2.98. The topological polar surface area (TPSA) is 106 Å². The number of rotatable bonds is 3. The summed E-state index contributed by atoms with van der Waals surface area (Å²) in [6, 6.07) is 5.05. The van der Waals surface area contributed by atoms with E-state index in [0.29, 0.717) is 35.9 Å². The lowest BCUT2D eigenvalue weighted by molar-refractivity contribution is -0.116. The first-order valence-corrected chi connectivity index (χ1v) is 8.67. The number of nitrogens with zero attached hydrogens (tertiary/aromatic N) is 1. The number of amides is 1. The molecule has 0 aliphatic carbocycles. The smallest absolute Gasteiger partial charge is 0.270 e. The molecule has 4 rings (SSSR count). The van der Waals surface area contributed by atoms with Crippen LogP contribution in [0.2, 0.25) is 0 Å². The molecule has 2 aromatic rings. The number of hydrogen-bond acceptors (Lipinski definition) is 5. The number of benzene rings is 1. The van der Waals surface area contributed by atoms with Crippen molar-refractivity contribution in [3.63, 3.8) is 0 Å². The second-order valence-electron chi connectivity index (χ2n) is 6.65. The predicted molar refractivity (Wildman–Crippen MR) is 93.9 cm³/mol. The van der Waals surface area contributed by atoms with E-state index in [1.165, 1.54) is 7.11 Å². The highest BCUT2D eigenvalue weighted by Crippen LogP contribution is 2.39. The largest absolute Gasteiger partial charge is 0.504 e. The summed E-state index contributed by atoms with van der Waals surface area (Å²) >= 11 is 0. The Balaban J connectivity index is 1.78. The molecule has 26 heavy (non-hydrogen) atoms. The van der Waals surface area contributed by atoms with Gasteiger partial charge in [0.15, 0.2) is 11.5 Å². The van der Waals surface area contributed by atoms with E-state index >= 15 is 0 Å². The maximum atomic E-state index is 12.7. The zero-order chi connectivity index (χ0) is 18.3. The number of methoxy groups -OCH3 is 1. The minimum Gasteiger partial charge on any atom is -0.504 e. The molecule has 2 aliphatic heterocycles. The second kappa shape index (κ2) is 6.53. The first kappa shape index (κ1) is 16.7. The summed E-state index contributed by atoms with van der Waals surface area (Å²) in [6.45, 7) is 1.26. The Morgan fingerprint density at radius 3 is 2.73 bits per heavy atom. The standard InChI is InChI=1S/C18H21N3O5/c1-25-14-3-2-10(8-13(14)22)12-9-15(23)19-17-16(12)18(24)20-21(17)11-4-6-26-7-5-11/h2-3,8,11-12,22H,4-7,9H2,1H3,(H,19,23)(H,20,24). The van der Waals surface area contributed by atoms with Crippen LogP contribution in [-0.2, 0) is 9.53 Å². The molecule has 1 atom stereocenters. The van der Waals surface area contributed by atoms with Crippen LogP contribution in [0, 0.1) is 0 Å². The molecule has 1 amide bonds. The molecule has 1 saturated heterocycles. The maximum absolute atomic E-state index is 12.7. The molecule has 0 saturated carbocycles. The van der Waals surface area contributed by atoms with Gasteiger partial charge in [-0.15, -0.1) is 0 Å². The van der Waals surface area contributed by atoms with Gasteiger partial charge >= 0.3 is 0 Å². The summed E-state index contributed by atoms with van der Waals surface area (Å²) < 4.78 is 12.2. The van der Waals surface area contributed by atoms with E-state index in [9.17, 15) is 14.7 Å². The Bertz CT molecular complexity index is 895. The number of aromatic nitrogens is 2. The number of aromatic hydroxyl groups is 1. The SMILES string of the molecule is COc1ccc(C2CC(=O)Nc3c2c(=O)[nH]n3C2CCOCC2)cc1O. The molecular formula is C18H21N3O5. The van der Waals surface area contributed by atoms with Crippen LogP contribution >= 0.6 is 0 Å². The number of fused-ring (bicyclic) bond motifs is 1. The van der Waals surface area contributed by atoms with Gasteiger partial charge in [-0.2, -0.15) is 0 Å². The number of hydrogen-bond donors (Lipinski definition) is 3. The monoisotopic (exact) mass is 359 g/mol. The van der Waals surface area contributed by atoms with Crippen molar-refractivity contribution in [3.05, 3.63) is 39.7 Å². The molecule has 0 radical (unpaired) electrons. The van der Waals surface area contributed by atoms with Crippen LogP contribution in [0.5, 0.6) is 11.5 Å². The fourth-order valence-corrected chi connectivity index (χ4v) is 3.81. The number of carbonyl (C=O) groups excluding carboxylic acids is 1. The minimum absolute atomic E-state index is 0.0159. The zero-order valence-electron chi connectivity index (χ0n) is 14.4. The van der Waals surface area contributed by atoms with Gasteiger partial charge < -0.3 is 19.9 Å². The lowest BCUT2D eigenvalue weighted by Gasteiger charge is -2.28. The predicted octanol–water partition coefficient (Wildman–Crippen LogP) is 1.72. The van der Waals surface area contributed by atoms with Crippen LogP contribution in [-0.4, -0.2) is 41.1 Å². The third-order valence-electron chi connectivity index (χ3n) is 5.12. The lowest BCUT2D eigenvalue weighted by Crippen LogP contribution is -2.28. The summed E-state index contributed by atoms with van der Waals surface area (Å²) in [7, 11) is 1.47. The van der Waals surface area contributed by atoms with Crippen LogP contribution < -0.4 is 15.6 Å². The van der Waals surface area contributed by atoms with Gasteiger partial charge in [-0.1, -0.05) is 6.07 Å². The number of phenols is 1. The van der Waals surface area contributed by atoms with E-state index in [0.717, 1.165) is 12.8 Å². The van der Waals surface area contributed by atoms with Gasteiger partial charge in [0.05, 0.1) is 18.7 Å². The normalized spacial score (nSPS) is 20.5. The van der Waals surface area contributed by atoms with Crippen LogP contribution in [0.3, 0.4) is 0 Å². The molecule has 1 fully saturated rings. The summed E-state index contributed by atoms with van der Waals surface area (Å²) in [5.74, 6) is 0.289. The van der Waals surface area contributed by atoms with Crippen molar-refractivity contribution in [1.29, 1.82) is 0 Å². The number of nitrogens with one attached hydrogen (secondary N) is 2. The van der Waals surface area contributed by atoms with Crippen molar-refractivity contribution in [2.75, 3.05) is 25.6 Å². The fourth-order valence-electron chi connectivity index (χ4n) is 3.81. The van der Waals surface area contributed by atoms with Gasteiger partial charge in [-0.3, -0.25) is 19.4 Å². The summed E-state index contributed by atoms with van der Waals surface area (Å²) in [6.07, 6.45) is 1.71. The van der Waals surface area contributed by atoms with Crippen LogP contribution in [0.15, 0.2) is 23.0 Å². The van der Waals surface area contributed by atoms with E-state index < -0.39 is 5.92 Å². The maximum Gasteiger partial charge on any atom is 0.270 e. The number of ether oxygens (including phenoxy) is 2. The lowest BCUT2D eigenvalue weighted by atomic mass is 9.87. The number of H-pyrrole nitrogens is 1. The Kier molecular flexibility index (Phi) is 4.20. The first-order chi connectivity index (χ1) is 12.6.